The van der Waals surface area contributed by atoms with E-state index >= 15 is 0 Å². The van der Waals surface area contributed by atoms with E-state index in [0.717, 1.165) is 6.07 Å². The van der Waals surface area contributed by atoms with Crippen LogP contribution in [0.3, 0.4) is 0 Å². The van der Waals surface area contributed by atoms with Crippen molar-refractivity contribution in [2.75, 3.05) is 32.8 Å². The van der Waals surface area contributed by atoms with Crippen LogP contribution in [-0.2, 0) is 14.8 Å². The third-order valence-corrected chi connectivity index (χ3v) is 6.57. The number of sulfonamides is 1. The van der Waals surface area contributed by atoms with Crippen LogP contribution in [0.5, 0.6) is 11.5 Å². The van der Waals surface area contributed by atoms with Crippen LogP contribution in [-0.4, -0.2) is 52.1 Å². The number of ether oxygens (including phenoxy) is 2. The Bertz CT molecular complexity index is 977. The second kappa shape index (κ2) is 10.6. The Morgan fingerprint density at radius 1 is 1.13 bits per heavy atom. The average Bonchev–Trinajstić information content (AvgIpc) is 2.78. The average molecular weight is 451 g/mol. The van der Waals surface area contributed by atoms with Crippen molar-refractivity contribution in [1.29, 1.82) is 0 Å². The number of carbonyl (C=O) groups excluding carboxylic acids is 1. The van der Waals surface area contributed by atoms with E-state index < -0.39 is 15.8 Å². The molecule has 3 rings (SSSR count). The SMILES string of the molecule is CCOc1ccc(S(=O)(=O)NCC2CCN(C(=O)COc3ccccc3)CC2)cc1F. The topological polar surface area (TPSA) is 84.9 Å². The lowest BCUT2D eigenvalue weighted by atomic mass is 9.97. The molecule has 0 spiro atoms. The van der Waals surface area contributed by atoms with E-state index in [1.807, 2.05) is 18.2 Å². The summed E-state index contributed by atoms with van der Waals surface area (Å²) in [5, 5.41) is 0. The van der Waals surface area contributed by atoms with Gasteiger partial charge in [-0.05, 0) is 56.0 Å². The van der Waals surface area contributed by atoms with Gasteiger partial charge < -0.3 is 14.4 Å². The number of para-hydroxylation sites is 1. The van der Waals surface area contributed by atoms with Crippen LogP contribution in [0.25, 0.3) is 0 Å². The number of halogens is 1. The number of nitrogens with zero attached hydrogens (tertiary/aromatic N) is 1. The molecule has 0 unspecified atom stereocenters. The molecule has 0 bridgehead atoms. The molecule has 0 radical (unpaired) electrons. The second-order valence-electron chi connectivity index (χ2n) is 7.30. The van der Waals surface area contributed by atoms with E-state index in [1.165, 1.54) is 12.1 Å². The molecule has 1 aliphatic rings. The molecule has 0 atom stereocenters. The number of carbonyl (C=O) groups is 1. The largest absolute Gasteiger partial charge is 0.491 e. The van der Waals surface area contributed by atoms with Gasteiger partial charge in [0.15, 0.2) is 18.2 Å². The summed E-state index contributed by atoms with van der Waals surface area (Å²) in [7, 11) is -3.83. The zero-order valence-corrected chi connectivity index (χ0v) is 18.2. The van der Waals surface area contributed by atoms with Gasteiger partial charge in [-0.25, -0.2) is 17.5 Å². The minimum atomic E-state index is -3.83. The van der Waals surface area contributed by atoms with E-state index in [0.29, 0.717) is 38.3 Å². The summed E-state index contributed by atoms with van der Waals surface area (Å²) < 4.78 is 52.1. The number of rotatable bonds is 9. The fourth-order valence-corrected chi connectivity index (χ4v) is 4.50. The number of likely N-dealkylation sites (tertiary alicyclic amines) is 1. The highest BCUT2D eigenvalue weighted by atomic mass is 32.2. The maximum atomic E-state index is 14.0. The number of hydrogen-bond acceptors (Lipinski definition) is 5. The first-order chi connectivity index (χ1) is 14.9. The predicted molar refractivity (Wildman–Crippen MR) is 114 cm³/mol. The Morgan fingerprint density at radius 2 is 1.84 bits per heavy atom. The number of nitrogens with one attached hydrogen (secondary N) is 1. The van der Waals surface area contributed by atoms with Crippen LogP contribution in [0.15, 0.2) is 53.4 Å². The van der Waals surface area contributed by atoms with Crippen LogP contribution in [0, 0.1) is 11.7 Å². The summed E-state index contributed by atoms with van der Waals surface area (Å²) in [5.74, 6) is -0.0379. The first kappa shape index (κ1) is 23.0. The molecule has 2 aromatic rings. The summed E-state index contributed by atoms with van der Waals surface area (Å²) >= 11 is 0. The monoisotopic (exact) mass is 450 g/mol. The fraction of sp³-hybridized carbons (Fsp3) is 0.409. The van der Waals surface area contributed by atoms with Crippen molar-refractivity contribution in [3.8, 4) is 11.5 Å². The predicted octanol–water partition coefficient (Wildman–Crippen LogP) is 2.82. The van der Waals surface area contributed by atoms with Gasteiger partial charge in [0.25, 0.3) is 5.91 Å². The molecule has 2 aromatic carbocycles. The van der Waals surface area contributed by atoms with Crippen LogP contribution >= 0.6 is 0 Å². The lowest BCUT2D eigenvalue weighted by Crippen LogP contribution is -2.43. The molecule has 1 saturated heterocycles. The third kappa shape index (κ3) is 6.41. The van der Waals surface area contributed by atoms with Crippen molar-refractivity contribution >= 4 is 15.9 Å². The van der Waals surface area contributed by atoms with Gasteiger partial charge in [0.2, 0.25) is 10.0 Å². The molecular weight excluding hydrogens is 423 g/mol. The smallest absolute Gasteiger partial charge is 0.260 e. The molecular formula is C22H27FN2O5S. The normalized spacial score (nSPS) is 15.0. The van der Waals surface area contributed by atoms with E-state index in [-0.39, 0.29) is 35.6 Å². The maximum Gasteiger partial charge on any atom is 0.260 e. The molecule has 1 aliphatic heterocycles. The molecule has 1 amide bonds. The maximum absolute atomic E-state index is 14.0. The molecule has 9 heteroatoms. The molecule has 1 fully saturated rings. The van der Waals surface area contributed by atoms with Gasteiger partial charge in [0.05, 0.1) is 11.5 Å². The van der Waals surface area contributed by atoms with Gasteiger partial charge in [-0.15, -0.1) is 0 Å². The van der Waals surface area contributed by atoms with Gasteiger partial charge in [-0.3, -0.25) is 4.79 Å². The molecule has 168 valence electrons. The van der Waals surface area contributed by atoms with E-state index in [2.05, 4.69) is 4.72 Å². The standard InChI is InChI=1S/C22H27FN2O5S/c1-2-29-21-9-8-19(14-20(21)23)31(27,28)24-15-17-10-12-25(13-11-17)22(26)16-30-18-6-4-3-5-7-18/h3-9,14,17,24H,2,10-13,15-16H2,1H3. The van der Waals surface area contributed by atoms with Gasteiger partial charge in [-0.2, -0.15) is 0 Å². The molecule has 0 aromatic heterocycles. The van der Waals surface area contributed by atoms with Crippen molar-refractivity contribution in [1.82, 2.24) is 9.62 Å². The summed E-state index contributed by atoms with van der Waals surface area (Å²) in [5.41, 5.74) is 0. The third-order valence-electron chi connectivity index (χ3n) is 5.15. The summed E-state index contributed by atoms with van der Waals surface area (Å²) in [6, 6.07) is 12.7. The van der Waals surface area contributed by atoms with Crippen molar-refractivity contribution in [3.05, 3.63) is 54.3 Å². The molecule has 0 saturated carbocycles. The highest BCUT2D eigenvalue weighted by Crippen LogP contribution is 2.22. The van der Waals surface area contributed by atoms with Gasteiger partial charge in [-0.1, -0.05) is 18.2 Å². The van der Waals surface area contributed by atoms with Crippen LogP contribution < -0.4 is 14.2 Å². The number of benzene rings is 2. The lowest BCUT2D eigenvalue weighted by molar-refractivity contribution is -0.134. The van der Waals surface area contributed by atoms with Gasteiger partial charge in [0.1, 0.15) is 5.75 Å². The molecule has 1 N–H and O–H groups in total. The van der Waals surface area contributed by atoms with E-state index in [9.17, 15) is 17.6 Å². The molecule has 7 nitrogen and oxygen atoms in total. The number of hydrogen-bond donors (Lipinski definition) is 1. The minimum absolute atomic E-state index is 0.0229. The van der Waals surface area contributed by atoms with Gasteiger partial charge in [0, 0.05) is 19.6 Å². The quantitative estimate of drug-likeness (QED) is 0.635. The highest BCUT2D eigenvalue weighted by Gasteiger charge is 2.25. The Hall–Kier alpha value is -2.65. The lowest BCUT2D eigenvalue weighted by Gasteiger charge is -2.32. The van der Waals surface area contributed by atoms with Gasteiger partial charge >= 0.3 is 0 Å². The Balaban J connectivity index is 1.45. The second-order valence-corrected chi connectivity index (χ2v) is 9.07. The fourth-order valence-electron chi connectivity index (χ4n) is 3.37. The first-order valence-electron chi connectivity index (χ1n) is 10.3. The zero-order valence-electron chi connectivity index (χ0n) is 17.4. The molecule has 1 heterocycles. The van der Waals surface area contributed by atoms with Crippen molar-refractivity contribution in [2.24, 2.45) is 5.92 Å². The van der Waals surface area contributed by atoms with Crippen molar-refractivity contribution < 1.29 is 27.1 Å². The zero-order chi connectivity index (χ0) is 22.3. The summed E-state index contributed by atoms with van der Waals surface area (Å²) in [6.45, 7) is 3.31. The minimum Gasteiger partial charge on any atom is -0.491 e. The van der Waals surface area contributed by atoms with Crippen LogP contribution in [0.1, 0.15) is 19.8 Å². The number of piperidine rings is 1. The Morgan fingerprint density at radius 3 is 2.48 bits per heavy atom. The van der Waals surface area contributed by atoms with Crippen LogP contribution in [0.4, 0.5) is 4.39 Å². The summed E-state index contributed by atoms with van der Waals surface area (Å²) in [6.07, 6.45) is 1.36. The Kier molecular flexibility index (Phi) is 7.86. The molecule has 0 aliphatic carbocycles. The highest BCUT2D eigenvalue weighted by molar-refractivity contribution is 7.89. The summed E-state index contributed by atoms with van der Waals surface area (Å²) in [4.78, 5) is 13.9. The molecule has 31 heavy (non-hydrogen) atoms. The Labute approximate surface area is 182 Å². The van der Waals surface area contributed by atoms with E-state index in [1.54, 1.807) is 24.0 Å². The van der Waals surface area contributed by atoms with Crippen LogP contribution in [0.2, 0.25) is 0 Å². The first-order valence-corrected chi connectivity index (χ1v) is 11.7. The van der Waals surface area contributed by atoms with Crippen molar-refractivity contribution in [3.63, 3.8) is 0 Å². The van der Waals surface area contributed by atoms with E-state index in [4.69, 9.17) is 9.47 Å². The number of amides is 1. The van der Waals surface area contributed by atoms with Crippen molar-refractivity contribution in [2.45, 2.75) is 24.7 Å².